The number of ether oxygens (including phenoxy) is 3. The van der Waals surface area contributed by atoms with Crippen molar-refractivity contribution in [1.29, 1.82) is 0 Å². The molecule has 0 radical (unpaired) electrons. The van der Waals surface area contributed by atoms with E-state index >= 15 is 0 Å². The van der Waals surface area contributed by atoms with Crippen molar-refractivity contribution < 1.29 is 49.3 Å². The molecule has 0 spiro atoms. The lowest BCUT2D eigenvalue weighted by atomic mass is 9.98. The van der Waals surface area contributed by atoms with Crippen LogP contribution < -0.4 is 5.32 Å². The maximum atomic E-state index is 13.2. The quantitative estimate of drug-likeness (QED) is 0.0322. The summed E-state index contributed by atoms with van der Waals surface area (Å²) in [6.07, 6.45) is 36.2. The molecule has 0 bridgehead atoms. The van der Waals surface area contributed by atoms with Gasteiger partial charge >= 0.3 is 6.09 Å². The van der Waals surface area contributed by atoms with Gasteiger partial charge in [0.1, 0.15) is 37.1 Å². The number of amides is 2. The van der Waals surface area contributed by atoms with Crippen molar-refractivity contribution in [3.63, 3.8) is 0 Å². The molecule has 0 aliphatic carbocycles. The fourth-order valence-electron chi connectivity index (χ4n) is 9.74. The molecule has 2 saturated heterocycles. The number of unbranched alkanes of at least 4 members (excludes halogenated alkanes) is 33. The van der Waals surface area contributed by atoms with Gasteiger partial charge in [0.25, 0.3) is 0 Å². The molecule has 0 saturated carbocycles. The monoisotopic (exact) mass is 955 g/mol. The van der Waals surface area contributed by atoms with Gasteiger partial charge in [0.15, 0.2) is 6.29 Å². The van der Waals surface area contributed by atoms with Crippen molar-refractivity contribution in [3.8, 4) is 0 Å². The lowest BCUT2D eigenvalue weighted by molar-refractivity contribution is -0.303. The smallest absolute Gasteiger partial charge is 0.409 e. The van der Waals surface area contributed by atoms with Crippen LogP contribution in [0.3, 0.4) is 0 Å². The number of nitrogens with zero attached hydrogens (tertiary/aromatic N) is 1. The largest absolute Gasteiger partial charge is 0.447 e. The lowest BCUT2D eigenvalue weighted by Gasteiger charge is -2.40. The van der Waals surface area contributed by atoms with Gasteiger partial charge in [-0.15, -0.1) is 0 Å². The zero-order valence-corrected chi connectivity index (χ0v) is 43.2. The average Bonchev–Trinajstić information content (AvgIpc) is 3.88. The fourth-order valence-corrected chi connectivity index (χ4v) is 9.74. The van der Waals surface area contributed by atoms with Gasteiger partial charge in [-0.3, -0.25) is 4.79 Å². The van der Waals surface area contributed by atoms with E-state index in [0.717, 1.165) is 57.8 Å². The molecule has 2 amide bonds. The predicted octanol–water partition coefficient (Wildman–Crippen LogP) is 11.7. The highest BCUT2D eigenvalue weighted by molar-refractivity contribution is 5.76. The van der Waals surface area contributed by atoms with Crippen molar-refractivity contribution in [2.24, 2.45) is 0 Å². The molecular formula is C55H106N2O10. The summed E-state index contributed by atoms with van der Waals surface area (Å²) in [5, 5.41) is 57.3. The highest BCUT2D eigenvalue weighted by atomic mass is 16.7. The van der Waals surface area contributed by atoms with Crippen molar-refractivity contribution in [3.05, 3.63) is 0 Å². The van der Waals surface area contributed by atoms with Crippen molar-refractivity contribution in [2.45, 2.75) is 313 Å². The second kappa shape index (κ2) is 42.2. The summed E-state index contributed by atoms with van der Waals surface area (Å²) in [6.45, 7) is 5.00. The third kappa shape index (κ3) is 30.7. The Bertz CT molecular complexity index is 1140. The van der Waals surface area contributed by atoms with E-state index in [9.17, 15) is 35.1 Å². The van der Waals surface area contributed by atoms with Crippen molar-refractivity contribution in [2.75, 3.05) is 26.3 Å². The highest BCUT2D eigenvalue weighted by Gasteiger charge is 2.45. The van der Waals surface area contributed by atoms with Crippen LogP contribution in [0.5, 0.6) is 0 Å². The molecule has 2 aliphatic rings. The number of aliphatic hydroxyl groups is 5. The maximum absolute atomic E-state index is 13.2. The van der Waals surface area contributed by atoms with Crippen molar-refractivity contribution >= 4 is 12.0 Å². The fraction of sp³-hybridized carbons (Fsp3) is 0.964. The predicted molar refractivity (Wildman–Crippen MR) is 271 cm³/mol. The number of hydrogen-bond acceptors (Lipinski definition) is 10. The van der Waals surface area contributed by atoms with E-state index in [4.69, 9.17) is 14.2 Å². The molecule has 12 heteroatoms. The first-order valence-electron chi connectivity index (χ1n) is 28.6. The van der Waals surface area contributed by atoms with Crippen LogP contribution >= 0.6 is 0 Å². The van der Waals surface area contributed by atoms with E-state index < -0.39 is 55.0 Å². The molecule has 2 aliphatic heterocycles. The molecule has 396 valence electrons. The van der Waals surface area contributed by atoms with Gasteiger partial charge in [-0.1, -0.05) is 232 Å². The molecule has 3 unspecified atom stereocenters. The molecule has 0 aromatic carbocycles. The minimum absolute atomic E-state index is 0.263. The summed E-state index contributed by atoms with van der Waals surface area (Å²) in [7, 11) is 0. The first-order chi connectivity index (χ1) is 32.7. The van der Waals surface area contributed by atoms with Crippen LogP contribution in [0.4, 0.5) is 4.79 Å². The number of hydrogen-bond donors (Lipinski definition) is 6. The number of likely N-dealkylation sites (tertiary alicyclic amines) is 1. The van der Waals surface area contributed by atoms with Crippen LogP contribution in [0, 0.1) is 0 Å². The summed E-state index contributed by atoms with van der Waals surface area (Å²) in [6, 6.07) is -1.02. The number of carbonyl (C=O) groups excluding carboxylic acids is 2. The number of rotatable bonds is 45. The topological polar surface area (TPSA) is 178 Å². The van der Waals surface area contributed by atoms with Crippen molar-refractivity contribution in [1.82, 2.24) is 10.2 Å². The highest BCUT2D eigenvalue weighted by Crippen LogP contribution is 2.24. The second-order valence-electron chi connectivity index (χ2n) is 20.6. The first kappa shape index (κ1) is 61.6. The summed E-state index contributed by atoms with van der Waals surface area (Å²) >= 11 is 0. The Morgan fingerprint density at radius 3 is 1.36 bits per heavy atom. The molecule has 2 rings (SSSR count). The molecule has 2 heterocycles. The van der Waals surface area contributed by atoms with Crippen LogP contribution in [-0.4, -0.2) is 118 Å². The second-order valence-corrected chi connectivity index (χ2v) is 20.6. The Labute approximate surface area is 409 Å². The molecule has 0 aromatic heterocycles. The van der Waals surface area contributed by atoms with Gasteiger partial charge < -0.3 is 50.0 Å². The summed E-state index contributed by atoms with van der Waals surface area (Å²) in [5.41, 5.74) is 0. The standard InChI is InChI=1S/C55H106N2O10/c1-3-5-7-9-11-13-15-17-18-19-20-21-22-23-24-25-26-27-29-31-33-35-37-41-49(59)56-46(50(60)47(58)40-36-34-32-30-28-16-14-12-10-8-6-4-2)44-65-54-53(63)52(62)51(61)48(67-54)45-66-55(64)57-42-38-39-43-57/h46-48,50-54,58,60-63H,3-45H2,1-2H3,(H,56,59)/t46?,47?,48-,50?,51+,52+,53-,54+/m1/s1. The zero-order valence-electron chi connectivity index (χ0n) is 43.2. The zero-order chi connectivity index (χ0) is 48.6. The van der Waals surface area contributed by atoms with E-state index in [-0.39, 0.29) is 25.5 Å². The number of carbonyl (C=O) groups is 2. The van der Waals surface area contributed by atoms with Gasteiger partial charge in [-0.25, -0.2) is 4.79 Å². The van der Waals surface area contributed by atoms with E-state index in [1.807, 2.05) is 0 Å². The lowest BCUT2D eigenvalue weighted by Crippen LogP contribution is -2.60. The molecule has 2 fully saturated rings. The Balaban J connectivity index is 1.68. The minimum atomic E-state index is -1.65. The molecule has 12 nitrogen and oxygen atoms in total. The SMILES string of the molecule is CCCCCCCCCCCCCCCCCCCCCCCCCC(=O)NC(CO[C@H]1O[C@H](COC(=O)N2CCCC2)[C@H](O)[C@H](O)[C@H]1O)C(O)C(O)CCCCCCCCCCCCCC. The van der Waals surface area contributed by atoms with Crippen LogP contribution in [-0.2, 0) is 19.0 Å². The molecule has 6 N–H and O–H groups in total. The number of nitrogens with one attached hydrogen (secondary N) is 1. The molecule has 67 heavy (non-hydrogen) atoms. The minimum Gasteiger partial charge on any atom is -0.447 e. The van der Waals surface area contributed by atoms with Gasteiger partial charge in [0, 0.05) is 19.5 Å². The van der Waals surface area contributed by atoms with E-state index in [1.54, 1.807) is 4.90 Å². The Morgan fingerprint density at radius 2 is 0.940 bits per heavy atom. The Hall–Kier alpha value is -1.54. The number of aliphatic hydroxyl groups excluding tert-OH is 5. The van der Waals surface area contributed by atoms with Gasteiger partial charge in [0.2, 0.25) is 5.91 Å². The first-order valence-corrected chi connectivity index (χ1v) is 28.6. The van der Waals surface area contributed by atoms with Crippen LogP contribution in [0.15, 0.2) is 0 Å². The third-order valence-electron chi connectivity index (χ3n) is 14.4. The van der Waals surface area contributed by atoms with E-state index in [1.165, 1.54) is 173 Å². The van der Waals surface area contributed by atoms with Gasteiger partial charge in [-0.2, -0.15) is 0 Å². The Morgan fingerprint density at radius 1 is 0.552 bits per heavy atom. The van der Waals surface area contributed by atoms with Crippen LogP contribution in [0.1, 0.15) is 264 Å². The van der Waals surface area contributed by atoms with E-state index in [0.29, 0.717) is 25.9 Å². The van der Waals surface area contributed by atoms with Gasteiger partial charge in [-0.05, 0) is 25.7 Å². The summed E-state index contributed by atoms with van der Waals surface area (Å²) in [5.74, 6) is -0.263. The van der Waals surface area contributed by atoms with Gasteiger partial charge in [0.05, 0.1) is 18.8 Å². The Kier molecular flexibility index (Phi) is 38.8. The van der Waals surface area contributed by atoms with E-state index in [2.05, 4.69) is 19.2 Å². The molecular weight excluding hydrogens is 849 g/mol. The summed E-state index contributed by atoms with van der Waals surface area (Å²) < 4.78 is 17.0. The summed E-state index contributed by atoms with van der Waals surface area (Å²) in [4.78, 5) is 27.3. The van der Waals surface area contributed by atoms with Crippen LogP contribution in [0.2, 0.25) is 0 Å². The average molecular weight is 955 g/mol. The normalized spacial score (nSPS) is 21.1. The third-order valence-corrected chi connectivity index (χ3v) is 14.4. The molecule has 8 atom stereocenters. The van der Waals surface area contributed by atoms with Crippen LogP contribution in [0.25, 0.3) is 0 Å². The maximum Gasteiger partial charge on any atom is 0.409 e. The molecule has 0 aromatic rings.